The second kappa shape index (κ2) is 8.16. The van der Waals surface area contributed by atoms with Gasteiger partial charge >= 0.3 is 5.97 Å². The minimum Gasteiger partial charge on any atom is -0.469 e. The van der Waals surface area contributed by atoms with Crippen LogP contribution in [-0.2, 0) is 30.5 Å². The maximum Gasteiger partial charge on any atom is 0.313 e. The van der Waals surface area contributed by atoms with E-state index >= 15 is 0 Å². The number of hydrogen-bond donors (Lipinski definition) is 0. The zero-order valence-corrected chi connectivity index (χ0v) is 10.8. The number of Topliss-reactive ketones (excluding diaryl/α,β-unsaturated/α-hetero) is 2. The molecule has 0 aromatic heterocycles. The first kappa shape index (κ1) is 15.0. The van der Waals surface area contributed by atoms with Crippen LogP contribution in [0.25, 0.3) is 0 Å². The van der Waals surface area contributed by atoms with Crippen molar-refractivity contribution in [2.24, 2.45) is 0 Å². The molecule has 0 fully saturated rings. The molecule has 0 aliphatic carbocycles. The average Bonchev–Trinajstić information content (AvgIpc) is 2.39. The van der Waals surface area contributed by atoms with Crippen LogP contribution in [0.4, 0.5) is 0 Å². The van der Waals surface area contributed by atoms with Gasteiger partial charge in [-0.05, 0) is 5.56 Å². The third-order valence-electron chi connectivity index (χ3n) is 2.34. The first-order valence-electron chi connectivity index (χ1n) is 5.83. The lowest BCUT2D eigenvalue weighted by atomic mass is 10.1. The number of hydrogen-bond acceptors (Lipinski definition) is 5. The molecular weight excluding hydrogens is 248 g/mol. The number of ether oxygens (including phenoxy) is 2. The smallest absolute Gasteiger partial charge is 0.313 e. The molecule has 0 saturated carbocycles. The van der Waals surface area contributed by atoms with E-state index in [1.54, 1.807) is 0 Å². The molecule has 0 unspecified atom stereocenters. The summed E-state index contributed by atoms with van der Waals surface area (Å²) in [6.07, 6.45) is -0.676. The number of methoxy groups -OCH3 is 1. The summed E-state index contributed by atoms with van der Waals surface area (Å²) in [6.45, 7) is 0.180. The predicted octanol–water partition coefficient (Wildman–Crippen LogP) is 1.29. The Labute approximate surface area is 111 Å². The molecular formula is C14H16O5. The van der Waals surface area contributed by atoms with Crippen molar-refractivity contribution in [2.45, 2.75) is 19.4 Å². The average molecular weight is 264 g/mol. The standard InChI is InChI=1S/C14H16O5/c1-18-14(17)8-12(15)7-13(16)10-19-9-11-5-3-2-4-6-11/h2-6H,7-10H2,1H3. The fourth-order valence-corrected chi connectivity index (χ4v) is 1.42. The van der Waals surface area contributed by atoms with Gasteiger partial charge in [-0.15, -0.1) is 0 Å². The number of rotatable bonds is 8. The lowest BCUT2D eigenvalue weighted by Gasteiger charge is -2.03. The van der Waals surface area contributed by atoms with E-state index in [0.29, 0.717) is 6.61 Å². The molecule has 0 saturated heterocycles. The van der Waals surface area contributed by atoms with E-state index in [4.69, 9.17) is 4.74 Å². The summed E-state index contributed by atoms with van der Waals surface area (Å²) < 4.78 is 9.53. The van der Waals surface area contributed by atoms with Gasteiger partial charge in [0.1, 0.15) is 13.0 Å². The normalized spacial score (nSPS) is 9.95. The highest BCUT2D eigenvalue weighted by Gasteiger charge is 2.14. The maximum absolute atomic E-state index is 11.4. The zero-order chi connectivity index (χ0) is 14.1. The molecule has 0 aliphatic heterocycles. The highest BCUT2D eigenvalue weighted by molar-refractivity contribution is 6.05. The fourth-order valence-electron chi connectivity index (χ4n) is 1.42. The molecule has 0 heterocycles. The molecule has 5 heteroatoms. The summed E-state index contributed by atoms with van der Waals surface area (Å²) in [5.41, 5.74) is 0.955. The number of ketones is 2. The molecule has 0 atom stereocenters. The van der Waals surface area contributed by atoms with Crippen LogP contribution >= 0.6 is 0 Å². The number of carbonyl (C=O) groups excluding carboxylic acids is 3. The maximum atomic E-state index is 11.4. The van der Waals surface area contributed by atoms with Crippen molar-refractivity contribution in [3.8, 4) is 0 Å². The first-order valence-corrected chi connectivity index (χ1v) is 5.83. The van der Waals surface area contributed by atoms with Crippen molar-refractivity contribution < 1.29 is 23.9 Å². The number of benzene rings is 1. The monoisotopic (exact) mass is 264 g/mol. The van der Waals surface area contributed by atoms with Crippen molar-refractivity contribution in [3.05, 3.63) is 35.9 Å². The van der Waals surface area contributed by atoms with Crippen LogP contribution < -0.4 is 0 Å². The summed E-state index contributed by atoms with van der Waals surface area (Å²) in [7, 11) is 1.19. The topological polar surface area (TPSA) is 69.7 Å². The quantitative estimate of drug-likeness (QED) is 0.523. The van der Waals surface area contributed by atoms with E-state index in [0.717, 1.165) is 5.56 Å². The molecule has 5 nitrogen and oxygen atoms in total. The number of carbonyl (C=O) groups is 3. The Morgan fingerprint density at radius 1 is 1.00 bits per heavy atom. The van der Waals surface area contributed by atoms with Crippen molar-refractivity contribution in [2.75, 3.05) is 13.7 Å². The Morgan fingerprint density at radius 3 is 2.32 bits per heavy atom. The number of esters is 1. The van der Waals surface area contributed by atoms with E-state index in [-0.39, 0.29) is 25.2 Å². The molecule has 0 radical (unpaired) electrons. The van der Waals surface area contributed by atoms with Crippen LogP contribution in [-0.4, -0.2) is 31.3 Å². The first-order chi connectivity index (χ1) is 9.11. The largest absolute Gasteiger partial charge is 0.469 e. The third-order valence-corrected chi connectivity index (χ3v) is 2.34. The van der Waals surface area contributed by atoms with Gasteiger partial charge in [-0.3, -0.25) is 14.4 Å². The SMILES string of the molecule is COC(=O)CC(=O)CC(=O)COCc1ccccc1. The van der Waals surface area contributed by atoms with Crippen molar-refractivity contribution in [3.63, 3.8) is 0 Å². The summed E-state index contributed by atoms with van der Waals surface area (Å²) >= 11 is 0. The summed E-state index contributed by atoms with van der Waals surface area (Å²) in [5, 5.41) is 0. The lowest BCUT2D eigenvalue weighted by molar-refractivity contribution is -0.143. The van der Waals surface area contributed by atoms with Gasteiger partial charge in [0.15, 0.2) is 11.6 Å². The van der Waals surface area contributed by atoms with Crippen molar-refractivity contribution in [1.29, 1.82) is 0 Å². The van der Waals surface area contributed by atoms with Crippen LogP contribution in [0.3, 0.4) is 0 Å². The van der Waals surface area contributed by atoms with Crippen LogP contribution in [0.2, 0.25) is 0 Å². The molecule has 1 aromatic rings. The van der Waals surface area contributed by atoms with E-state index in [1.165, 1.54) is 7.11 Å². The Morgan fingerprint density at radius 2 is 1.68 bits per heavy atom. The minimum atomic E-state index is -0.636. The second-order valence-corrected chi connectivity index (χ2v) is 3.99. The minimum absolute atomic E-state index is 0.137. The highest BCUT2D eigenvalue weighted by Crippen LogP contribution is 2.01. The van der Waals surface area contributed by atoms with Gasteiger partial charge in [-0.2, -0.15) is 0 Å². The fraction of sp³-hybridized carbons (Fsp3) is 0.357. The molecule has 0 aliphatic rings. The summed E-state index contributed by atoms with van der Waals surface area (Å²) in [5.74, 6) is -1.44. The Kier molecular flexibility index (Phi) is 6.46. The predicted molar refractivity (Wildman–Crippen MR) is 67.4 cm³/mol. The third kappa shape index (κ3) is 6.47. The molecule has 19 heavy (non-hydrogen) atoms. The molecule has 1 aromatic carbocycles. The second-order valence-electron chi connectivity index (χ2n) is 3.99. The summed E-state index contributed by atoms with van der Waals surface area (Å²) in [4.78, 5) is 33.5. The Hall–Kier alpha value is -2.01. The molecule has 0 spiro atoms. The summed E-state index contributed by atoms with van der Waals surface area (Å²) in [6, 6.07) is 9.40. The van der Waals surface area contributed by atoms with Crippen LogP contribution in [0.5, 0.6) is 0 Å². The molecule has 1 rings (SSSR count). The lowest BCUT2D eigenvalue weighted by Crippen LogP contribution is -2.17. The van der Waals surface area contributed by atoms with Crippen molar-refractivity contribution >= 4 is 17.5 Å². The Bertz CT molecular complexity index is 438. The van der Waals surface area contributed by atoms with Gasteiger partial charge in [-0.25, -0.2) is 0 Å². The van der Waals surface area contributed by atoms with Gasteiger partial charge in [0.05, 0.1) is 20.1 Å². The van der Waals surface area contributed by atoms with E-state index < -0.39 is 11.8 Å². The highest BCUT2D eigenvalue weighted by atomic mass is 16.5. The molecule has 0 bridgehead atoms. The van der Waals surface area contributed by atoms with Crippen LogP contribution in [0, 0.1) is 0 Å². The van der Waals surface area contributed by atoms with Gasteiger partial charge in [-0.1, -0.05) is 30.3 Å². The van der Waals surface area contributed by atoms with Gasteiger partial charge in [0, 0.05) is 0 Å². The van der Waals surface area contributed by atoms with Crippen molar-refractivity contribution in [1.82, 2.24) is 0 Å². The molecule has 102 valence electrons. The van der Waals surface area contributed by atoms with Gasteiger partial charge in [0.25, 0.3) is 0 Å². The zero-order valence-electron chi connectivity index (χ0n) is 10.8. The Balaban J connectivity index is 2.21. The molecule has 0 amide bonds. The van der Waals surface area contributed by atoms with Gasteiger partial charge in [0.2, 0.25) is 0 Å². The van der Waals surface area contributed by atoms with Crippen LogP contribution in [0.15, 0.2) is 30.3 Å². The van der Waals surface area contributed by atoms with Gasteiger partial charge < -0.3 is 9.47 Å². The molecule has 0 N–H and O–H groups in total. The van der Waals surface area contributed by atoms with E-state index in [9.17, 15) is 14.4 Å². The van der Waals surface area contributed by atoms with E-state index in [2.05, 4.69) is 4.74 Å². The van der Waals surface area contributed by atoms with E-state index in [1.807, 2.05) is 30.3 Å². The van der Waals surface area contributed by atoms with Crippen LogP contribution in [0.1, 0.15) is 18.4 Å².